The number of rotatable bonds is 3. The van der Waals surface area contributed by atoms with Gasteiger partial charge in [0.15, 0.2) is 0 Å². The lowest BCUT2D eigenvalue weighted by molar-refractivity contribution is 0.294. The third-order valence-electron chi connectivity index (χ3n) is 4.18. The second-order valence-corrected chi connectivity index (χ2v) is 6.86. The van der Waals surface area contributed by atoms with E-state index in [-0.39, 0.29) is 5.82 Å². The minimum Gasteiger partial charge on any atom is -0.295 e. The fourth-order valence-corrected chi connectivity index (χ4v) is 3.94. The molecule has 1 aromatic heterocycles. The van der Waals surface area contributed by atoms with E-state index < -0.39 is 0 Å². The Bertz CT molecular complexity index is 818. The molecule has 1 aliphatic rings. The molecule has 4 rings (SSSR count). The highest BCUT2D eigenvalue weighted by Crippen LogP contribution is 2.30. The van der Waals surface area contributed by atoms with Crippen LogP contribution in [0, 0.1) is 5.82 Å². The molecule has 2 nitrogen and oxygen atoms in total. The Kier molecular flexibility index (Phi) is 3.93. The predicted octanol–water partition coefficient (Wildman–Crippen LogP) is 4.72. The number of hydrogen-bond donors (Lipinski definition) is 0. The molecule has 3 aromatic rings. The summed E-state index contributed by atoms with van der Waals surface area (Å²) in [5.41, 5.74) is 3.59. The molecule has 0 atom stereocenters. The van der Waals surface area contributed by atoms with Crippen LogP contribution in [-0.4, -0.2) is 23.0 Å². The van der Waals surface area contributed by atoms with Gasteiger partial charge in [-0.15, -0.1) is 11.3 Å². The van der Waals surface area contributed by atoms with Gasteiger partial charge in [-0.25, -0.2) is 9.37 Å². The van der Waals surface area contributed by atoms with Crippen molar-refractivity contribution >= 4 is 27.1 Å². The van der Waals surface area contributed by atoms with Crippen molar-refractivity contribution in [1.82, 2.24) is 9.88 Å². The third-order valence-corrected chi connectivity index (χ3v) is 5.29. The van der Waals surface area contributed by atoms with Crippen molar-refractivity contribution in [2.45, 2.75) is 13.0 Å². The smallest absolute Gasteiger partial charge is 0.123 e. The maximum atomic E-state index is 13.0. The number of fused-ring (bicyclic) bond motifs is 1. The summed E-state index contributed by atoms with van der Waals surface area (Å²) in [6, 6.07) is 15.1. The van der Waals surface area contributed by atoms with Crippen LogP contribution in [0.3, 0.4) is 0 Å². The summed E-state index contributed by atoms with van der Waals surface area (Å²) in [5.74, 6) is -0.176. The van der Waals surface area contributed by atoms with E-state index in [4.69, 9.17) is 4.98 Å². The molecule has 0 fully saturated rings. The SMILES string of the molecule is Fc1ccc(CN2CC=C(c3nc4ccccc4s3)CC2)cc1. The number of nitrogens with zero attached hydrogens (tertiary/aromatic N) is 2. The van der Waals surface area contributed by atoms with Crippen molar-refractivity contribution in [2.75, 3.05) is 13.1 Å². The summed E-state index contributed by atoms with van der Waals surface area (Å²) in [6.07, 6.45) is 3.30. The minimum absolute atomic E-state index is 0.176. The quantitative estimate of drug-likeness (QED) is 0.693. The molecule has 0 aliphatic carbocycles. The molecule has 0 radical (unpaired) electrons. The number of halogens is 1. The second-order valence-electron chi connectivity index (χ2n) is 5.83. The summed E-state index contributed by atoms with van der Waals surface area (Å²) in [5, 5.41) is 1.15. The molecule has 23 heavy (non-hydrogen) atoms. The molecule has 0 N–H and O–H groups in total. The second kappa shape index (κ2) is 6.22. The van der Waals surface area contributed by atoms with Gasteiger partial charge >= 0.3 is 0 Å². The molecule has 0 saturated heterocycles. The van der Waals surface area contributed by atoms with Crippen molar-refractivity contribution < 1.29 is 4.39 Å². The van der Waals surface area contributed by atoms with Crippen LogP contribution in [-0.2, 0) is 6.54 Å². The Balaban J connectivity index is 1.47. The first-order chi connectivity index (χ1) is 11.3. The highest BCUT2D eigenvalue weighted by Gasteiger charge is 2.16. The van der Waals surface area contributed by atoms with Gasteiger partial charge in [0.2, 0.25) is 0 Å². The van der Waals surface area contributed by atoms with E-state index in [1.807, 2.05) is 18.2 Å². The van der Waals surface area contributed by atoms with Crippen LogP contribution in [0.5, 0.6) is 0 Å². The summed E-state index contributed by atoms with van der Waals surface area (Å²) in [4.78, 5) is 7.12. The molecule has 1 aliphatic heterocycles. The normalized spacial score (nSPS) is 15.8. The monoisotopic (exact) mass is 324 g/mol. The van der Waals surface area contributed by atoms with Crippen molar-refractivity contribution in [3.05, 3.63) is 71.0 Å². The molecule has 0 saturated carbocycles. The Morgan fingerprint density at radius 1 is 1.09 bits per heavy atom. The fourth-order valence-electron chi connectivity index (χ4n) is 2.91. The van der Waals surface area contributed by atoms with Gasteiger partial charge in [0.1, 0.15) is 10.8 Å². The molecule has 0 unspecified atom stereocenters. The van der Waals surface area contributed by atoms with Gasteiger partial charge in [-0.3, -0.25) is 4.90 Å². The maximum Gasteiger partial charge on any atom is 0.123 e. The van der Waals surface area contributed by atoms with Gasteiger partial charge in [0.05, 0.1) is 10.2 Å². The van der Waals surface area contributed by atoms with Crippen molar-refractivity contribution in [2.24, 2.45) is 0 Å². The van der Waals surface area contributed by atoms with E-state index in [1.165, 1.54) is 22.4 Å². The van der Waals surface area contributed by atoms with Gasteiger partial charge in [-0.1, -0.05) is 30.3 Å². The summed E-state index contributed by atoms with van der Waals surface area (Å²) in [7, 11) is 0. The highest BCUT2D eigenvalue weighted by atomic mass is 32.1. The molecular formula is C19H17FN2S. The first-order valence-corrected chi connectivity index (χ1v) is 8.61. The summed E-state index contributed by atoms with van der Waals surface area (Å²) in [6.45, 7) is 2.80. The number of thiazole rings is 1. The Hall–Kier alpha value is -2.04. The van der Waals surface area contributed by atoms with E-state index >= 15 is 0 Å². The van der Waals surface area contributed by atoms with Crippen LogP contribution in [0.4, 0.5) is 4.39 Å². The zero-order valence-electron chi connectivity index (χ0n) is 12.7. The predicted molar refractivity (Wildman–Crippen MR) is 93.9 cm³/mol. The van der Waals surface area contributed by atoms with Crippen LogP contribution in [0.25, 0.3) is 15.8 Å². The zero-order valence-corrected chi connectivity index (χ0v) is 13.5. The van der Waals surface area contributed by atoms with Crippen molar-refractivity contribution in [3.63, 3.8) is 0 Å². The highest BCUT2D eigenvalue weighted by molar-refractivity contribution is 7.19. The van der Waals surface area contributed by atoms with E-state index in [0.29, 0.717) is 0 Å². The Labute approximate surface area is 138 Å². The van der Waals surface area contributed by atoms with Crippen molar-refractivity contribution in [1.29, 1.82) is 0 Å². The lowest BCUT2D eigenvalue weighted by atomic mass is 10.1. The van der Waals surface area contributed by atoms with Gasteiger partial charge in [-0.05, 0) is 41.8 Å². The molecular weight excluding hydrogens is 307 g/mol. The average molecular weight is 324 g/mol. The van der Waals surface area contributed by atoms with Crippen LogP contribution in [0.15, 0.2) is 54.6 Å². The van der Waals surface area contributed by atoms with Gasteiger partial charge in [0.25, 0.3) is 0 Å². The first-order valence-electron chi connectivity index (χ1n) is 7.80. The third kappa shape index (κ3) is 3.19. The van der Waals surface area contributed by atoms with Crippen LogP contribution in [0.2, 0.25) is 0 Å². The zero-order chi connectivity index (χ0) is 15.6. The number of aromatic nitrogens is 1. The van der Waals surface area contributed by atoms with Gasteiger partial charge < -0.3 is 0 Å². The number of benzene rings is 2. The lowest BCUT2D eigenvalue weighted by Crippen LogP contribution is -2.27. The van der Waals surface area contributed by atoms with E-state index in [2.05, 4.69) is 29.2 Å². The molecule has 116 valence electrons. The van der Waals surface area contributed by atoms with E-state index in [9.17, 15) is 4.39 Å². The molecule has 4 heteroatoms. The lowest BCUT2D eigenvalue weighted by Gasteiger charge is -2.25. The molecule has 0 spiro atoms. The number of para-hydroxylation sites is 1. The van der Waals surface area contributed by atoms with Gasteiger partial charge in [-0.2, -0.15) is 0 Å². The molecule has 0 amide bonds. The van der Waals surface area contributed by atoms with Crippen LogP contribution < -0.4 is 0 Å². The summed E-state index contributed by atoms with van der Waals surface area (Å²) < 4.78 is 14.2. The maximum absolute atomic E-state index is 13.0. The molecule has 0 bridgehead atoms. The minimum atomic E-state index is -0.176. The number of hydrogen-bond acceptors (Lipinski definition) is 3. The topological polar surface area (TPSA) is 16.1 Å². The largest absolute Gasteiger partial charge is 0.295 e. The fraction of sp³-hybridized carbons (Fsp3) is 0.211. The van der Waals surface area contributed by atoms with Crippen LogP contribution >= 0.6 is 11.3 Å². The molecule has 2 aromatic carbocycles. The van der Waals surface area contributed by atoms with Gasteiger partial charge in [0, 0.05) is 19.6 Å². The van der Waals surface area contributed by atoms with Crippen molar-refractivity contribution in [3.8, 4) is 0 Å². The first kappa shape index (κ1) is 14.5. The summed E-state index contributed by atoms with van der Waals surface area (Å²) >= 11 is 1.77. The standard InChI is InChI=1S/C19H17FN2S/c20-16-7-5-14(6-8-16)13-22-11-9-15(10-12-22)19-21-17-3-1-2-4-18(17)23-19/h1-9H,10-13H2. The van der Waals surface area contributed by atoms with E-state index in [0.717, 1.165) is 42.1 Å². The molecule has 2 heterocycles. The Morgan fingerprint density at radius 3 is 2.65 bits per heavy atom. The van der Waals surface area contributed by atoms with Crippen LogP contribution in [0.1, 0.15) is 17.0 Å². The Morgan fingerprint density at radius 2 is 1.91 bits per heavy atom. The average Bonchev–Trinajstić information content (AvgIpc) is 3.02. The van der Waals surface area contributed by atoms with E-state index in [1.54, 1.807) is 11.3 Å².